The lowest BCUT2D eigenvalue weighted by atomic mass is 9.67. The van der Waals surface area contributed by atoms with Crippen molar-refractivity contribution in [2.45, 2.75) is 56.5 Å². The van der Waals surface area contributed by atoms with Crippen LogP contribution in [0.15, 0.2) is 60.8 Å². The zero-order valence-electron chi connectivity index (χ0n) is 21.8. The number of piperidine rings is 1. The quantitative estimate of drug-likeness (QED) is 0.272. The van der Waals surface area contributed by atoms with Crippen molar-refractivity contribution in [3.8, 4) is 17.0 Å². The van der Waals surface area contributed by atoms with Crippen LogP contribution in [0.25, 0.3) is 11.3 Å². The molecule has 2 fully saturated rings. The number of nitrogens with zero attached hydrogens (tertiary/aromatic N) is 4. The van der Waals surface area contributed by atoms with Crippen molar-refractivity contribution in [2.24, 2.45) is 11.7 Å². The van der Waals surface area contributed by atoms with E-state index in [1.54, 1.807) is 30.5 Å². The number of rotatable bonds is 7. The number of anilines is 2. The average Bonchev–Trinajstić information content (AvgIpc) is 2.94. The molecule has 40 heavy (non-hydrogen) atoms. The summed E-state index contributed by atoms with van der Waals surface area (Å²) >= 11 is 0. The number of nitrogens with one attached hydrogen (secondary N) is 1. The molecule has 3 atom stereocenters. The summed E-state index contributed by atoms with van der Waals surface area (Å²) in [4.78, 5) is 21.9. The number of nitrogens with two attached hydrogens (primary N) is 1. The first-order valence-corrected chi connectivity index (χ1v) is 13.3. The van der Waals surface area contributed by atoms with Crippen LogP contribution in [-0.2, 0) is 0 Å². The Labute approximate surface area is 229 Å². The third-order valence-electron chi connectivity index (χ3n) is 7.93. The van der Waals surface area contributed by atoms with Crippen LogP contribution in [0.4, 0.5) is 30.5 Å². The number of non-ortho nitro benzene ring substituents is 1. The van der Waals surface area contributed by atoms with Crippen LogP contribution in [0.3, 0.4) is 0 Å². The van der Waals surface area contributed by atoms with Crippen molar-refractivity contribution in [3.05, 3.63) is 70.9 Å². The summed E-state index contributed by atoms with van der Waals surface area (Å²) < 4.78 is 42.1. The minimum Gasteiger partial charge on any atom is -0.406 e. The number of hydrogen-bond acceptors (Lipinski definition) is 8. The molecular formula is C28H31F3N6O3. The van der Waals surface area contributed by atoms with Crippen LogP contribution in [0.5, 0.6) is 5.75 Å². The average molecular weight is 557 g/mol. The number of ether oxygens (including phenoxy) is 1. The van der Waals surface area contributed by atoms with Gasteiger partial charge < -0.3 is 20.7 Å². The van der Waals surface area contributed by atoms with E-state index in [4.69, 9.17) is 5.73 Å². The van der Waals surface area contributed by atoms with Crippen LogP contribution < -0.4 is 20.7 Å². The molecular weight excluding hydrogens is 525 g/mol. The molecule has 0 spiro atoms. The molecule has 2 aromatic carbocycles. The highest BCUT2D eigenvalue weighted by Crippen LogP contribution is 2.39. The Hall–Kier alpha value is -3.93. The SMILES string of the molecule is N[C@]1(C2CCCN(c3ccc([N+](=O)[O-])cc3)C2)CCCCC1Nc1nccc(-c2cccc(OC(F)(F)F)c2)n1. The molecule has 1 saturated heterocycles. The van der Waals surface area contributed by atoms with Gasteiger partial charge in [-0.15, -0.1) is 13.2 Å². The number of nitro groups is 1. The third-order valence-corrected chi connectivity index (χ3v) is 7.93. The highest BCUT2D eigenvalue weighted by atomic mass is 19.4. The molecule has 2 heterocycles. The number of halogens is 3. The predicted molar refractivity (Wildman–Crippen MR) is 145 cm³/mol. The normalized spacial score (nSPS) is 23.4. The second-order valence-electron chi connectivity index (χ2n) is 10.5. The maximum atomic E-state index is 12.7. The second kappa shape index (κ2) is 11.3. The molecule has 0 bridgehead atoms. The smallest absolute Gasteiger partial charge is 0.406 e. The van der Waals surface area contributed by atoms with Gasteiger partial charge >= 0.3 is 6.36 Å². The molecule has 3 N–H and O–H groups in total. The number of benzene rings is 2. The number of nitro benzene ring substituents is 1. The summed E-state index contributed by atoms with van der Waals surface area (Å²) in [7, 11) is 0. The molecule has 1 aliphatic heterocycles. The summed E-state index contributed by atoms with van der Waals surface area (Å²) in [6, 6.07) is 13.8. The van der Waals surface area contributed by atoms with Crippen molar-refractivity contribution in [2.75, 3.05) is 23.3 Å². The van der Waals surface area contributed by atoms with Crippen LogP contribution in [0.2, 0.25) is 0 Å². The molecule has 212 valence electrons. The van der Waals surface area contributed by atoms with Gasteiger partial charge in [-0.2, -0.15) is 0 Å². The Morgan fingerprint density at radius 1 is 1.10 bits per heavy atom. The van der Waals surface area contributed by atoms with Gasteiger partial charge in [-0.05, 0) is 61.9 Å². The lowest BCUT2D eigenvalue weighted by molar-refractivity contribution is -0.384. The van der Waals surface area contributed by atoms with Crippen LogP contribution in [-0.4, -0.2) is 45.9 Å². The van der Waals surface area contributed by atoms with Crippen molar-refractivity contribution in [3.63, 3.8) is 0 Å². The van der Waals surface area contributed by atoms with E-state index < -0.39 is 16.8 Å². The topological polar surface area (TPSA) is 119 Å². The van der Waals surface area contributed by atoms with Crippen molar-refractivity contribution >= 4 is 17.3 Å². The molecule has 1 aromatic heterocycles. The largest absolute Gasteiger partial charge is 0.573 e. The van der Waals surface area contributed by atoms with Gasteiger partial charge in [0.25, 0.3) is 5.69 Å². The van der Waals surface area contributed by atoms with Crippen LogP contribution in [0, 0.1) is 16.0 Å². The predicted octanol–water partition coefficient (Wildman–Crippen LogP) is 5.92. The standard InChI is InChI=1S/C28H31F3N6O3/c29-28(30,31)40-23-7-3-5-19(17-23)24-13-15-33-26(34-24)35-25-8-1-2-14-27(25,32)20-6-4-16-36(18-20)21-9-11-22(12-10-21)37(38)39/h3,5,7,9-13,15,17,20,25H,1-2,4,6,8,14,16,18,32H2,(H,33,34,35)/t20?,25?,27-/m0/s1. The molecule has 0 radical (unpaired) electrons. The van der Waals surface area contributed by atoms with Gasteiger partial charge in [-0.3, -0.25) is 10.1 Å². The minimum atomic E-state index is -4.78. The van der Waals surface area contributed by atoms with Gasteiger partial charge in [0.15, 0.2) is 0 Å². The van der Waals surface area contributed by atoms with E-state index in [0.29, 0.717) is 17.2 Å². The molecule has 2 unspecified atom stereocenters. The van der Waals surface area contributed by atoms with E-state index in [-0.39, 0.29) is 23.4 Å². The number of alkyl halides is 3. The minimum absolute atomic E-state index is 0.0611. The first-order chi connectivity index (χ1) is 19.1. The summed E-state index contributed by atoms with van der Waals surface area (Å²) in [5.41, 5.74) is 8.61. The highest BCUT2D eigenvalue weighted by Gasteiger charge is 2.45. The maximum absolute atomic E-state index is 12.7. The molecule has 0 amide bonds. The van der Waals surface area contributed by atoms with Gasteiger partial charge in [0.2, 0.25) is 5.95 Å². The number of hydrogen-bond donors (Lipinski definition) is 2. The summed E-state index contributed by atoms with van der Waals surface area (Å²) in [6.07, 6.45) is 2.39. The van der Waals surface area contributed by atoms with Crippen molar-refractivity contribution < 1.29 is 22.8 Å². The Bertz CT molecular complexity index is 1340. The first kappa shape index (κ1) is 27.6. The van der Waals surface area contributed by atoms with E-state index in [2.05, 4.69) is 24.9 Å². The monoisotopic (exact) mass is 556 g/mol. The van der Waals surface area contributed by atoms with E-state index in [9.17, 15) is 23.3 Å². The molecule has 3 aromatic rings. The van der Waals surface area contributed by atoms with Gasteiger partial charge in [0.05, 0.1) is 10.6 Å². The lowest BCUT2D eigenvalue weighted by Gasteiger charge is -2.50. The Morgan fingerprint density at radius 3 is 2.65 bits per heavy atom. The van der Waals surface area contributed by atoms with E-state index in [0.717, 1.165) is 57.3 Å². The molecule has 5 rings (SSSR count). The second-order valence-corrected chi connectivity index (χ2v) is 10.5. The van der Waals surface area contributed by atoms with Gasteiger partial charge in [-0.25, -0.2) is 9.97 Å². The molecule has 1 saturated carbocycles. The van der Waals surface area contributed by atoms with E-state index in [1.807, 2.05) is 0 Å². The highest BCUT2D eigenvalue weighted by molar-refractivity contribution is 5.62. The fraction of sp³-hybridized carbons (Fsp3) is 0.429. The molecule has 9 nitrogen and oxygen atoms in total. The van der Waals surface area contributed by atoms with Crippen molar-refractivity contribution in [1.82, 2.24) is 9.97 Å². The Balaban J connectivity index is 1.33. The van der Waals surface area contributed by atoms with Gasteiger partial charge in [0, 0.05) is 54.3 Å². The Morgan fingerprint density at radius 2 is 1.90 bits per heavy atom. The number of aromatic nitrogens is 2. The van der Waals surface area contributed by atoms with Gasteiger partial charge in [0.1, 0.15) is 5.75 Å². The zero-order chi connectivity index (χ0) is 28.3. The van der Waals surface area contributed by atoms with Gasteiger partial charge in [-0.1, -0.05) is 25.0 Å². The zero-order valence-corrected chi connectivity index (χ0v) is 21.8. The molecule has 2 aliphatic rings. The molecule has 1 aliphatic carbocycles. The van der Waals surface area contributed by atoms with E-state index >= 15 is 0 Å². The Kier molecular flexibility index (Phi) is 7.79. The summed E-state index contributed by atoms with van der Waals surface area (Å²) in [5.74, 6) is 0.222. The lowest BCUT2D eigenvalue weighted by Crippen LogP contribution is -2.64. The van der Waals surface area contributed by atoms with E-state index in [1.165, 1.54) is 30.3 Å². The molecule has 12 heteroatoms. The summed E-state index contributed by atoms with van der Waals surface area (Å²) in [6.45, 7) is 1.59. The summed E-state index contributed by atoms with van der Waals surface area (Å²) in [5, 5.41) is 14.5. The fourth-order valence-corrected chi connectivity index (χ4v) is 5.95. The van der Waals surface area contributed by atoms with Crippen LogP contribution >= 0.6 is 0 Å². The van der Waals surface area contributed by atoms with Crippen LogP contribution in [0.1, 0.15) is 38.5 Å². The fourth-order valence-electron chi connectivity index (χ4n) is 5.95. The third kappa shape index (κ3) is 6.27. The maximum Gasteiger partial charge on any atom is 0.573 e. The first-order valence-electron chi connectivity index (χ1n) is 13.3. The van der Waals surface area contributed by atoms with Crippen molar-refractivity contribution in [1.29, 1.82) is 0 Å².